The van der Waals surface area contributed by atoms with Gasteiger partial charge in [0.15, 0.2) is 0 Å². The second-order valence-electron chi connectivity index (χ2n) is 8.26. The minimum atomic E-state index is -3.51. The van der Waals surface area contributed by atoms with Gasteiger partial charge in [-0.2, -0.15) is 4.31 Å². The van der Waals surface area contributed by atoms with Crippen LogP contribution in [-0.2, 0) is 23.0 Å². The number of benzene rings is 2. The van der Waals surface area contributed by atoms with E-state index in [1.165, 1.54) is 22.6 Å². The van der Waals surface area contributed by atoms with Gasteiger partial charge in [0.2, 0.25) is 10.0 Å². The minimum absolute atomic E-state index is 0.285. The van der Waals surface area contributed by atoms with Gasteiger partial charge in [0.25, 0.3) is 0 Å². The summed E-state index contributed by atoms with van der Waals surface area (Å²) < 4.78 is 41.1. The fraction of sp³-hybridized carbons (Fsp3) is 0.333. The molecule has 0 spiro atoms. The first-order valence-electron chi connectivity index (χ1n) is 10.7. The average Bonchev–Trinajstić information content (AvgIpc) is 3.28. The summed E-state index contributed by atoms with van der Waals surface area (Å²) in [5.74, 6) is -0.285. The van der Waals surface area contributed by atoms with Crippen LogP contribution in [0.3, 0.4) is 0 Å². The number of hydrogen-bond donors (Lipinski definition) is 0. The van der Waals surface area contributed by atoms with Crippen LogP contribution in [0.2, 0.25) is 0 Å². The first kappa shape index (κ1) is 20.8. The first-order chi connectivity index (χ1) is 15.0. The van der Waals surface area contributed by atoms with E-state index in [4.69, 9.17) is 0 Å². The van der Waals surface area contributed by atoms with Crippen molar-refractivity contribution in [1.29, 1.82) is 0 Å². The number of thiophene rings is 1. The maximum Gasteiger partial charge on any atom is 0.243 e. The van der Waals surface area contributed by atoms with Crippen LogP contribution in [0.4, 0.5) is 4.39 Å². The second-order valence-corrected chi connectivity index (χ2v) is 11.2. The molecular weight excluding hydrogens is 431 g/mol. The molecule has 2 aliphatic rings. The summed E-state index contributed by atoms with van der Waals surface area (Å²) in [4.78, 5) is 4.34. The number of sulfonamides is 1. The molecule has 3 heterocycles. The molecule has 1 aromatic heterocycles. The molecule has 7 heteroatoms. The summed E-state index contributed by atoms with van der Waals surface area (Å²) in [6, 6.07) is 15.8. The summed E-state index contributed by atoms with van der Waals surface area (Å²) in [6.07, 6.45) is 2.84. The largest absolute Gasteiger partial charge is 0.296 e. The lowest BCUT2D eigenvalue weighted by atomic mass is 10.0. The van der Waals surface area contributed by atoms with Gasteiger partial charge in [-0.25, -0.2) is 12.8 Å². The molecule has 0 N–H and O–H groups in total. The van der Waals surface area contributed by atoms with Crippen molar-refractivity contribution >= 4 is 21.4 Å². The molecule has 1 fully saturated rings. The molecule has 0 saturated carbocycles. The fourth-order valence-electron chi connectivity index (χ4n) is 4.64. The number of nitrogens with zero attached hydrogens (tertiary/aromatic N) is 2. The van der Waals surface area contributed by atoms with E-state index in [0.717, 1.165) is 43.5 Å². The molecule has 31 heavy (non-hydrogen) atoms. The third-order valence-electron chi connectivity index (χ3n) is 6.45. The Kier molecular flexibility index (Phi) is 5.69. The van der Waals surface area contributed by atoms with E-state index in [1.807, 2.05) is 11.3 Å². The van der Waals surface area contributed by atoms with Crippen LogP contribution in [0.1, 0.15) is 23.3 Å². The predicted octanol–water partition coefficient (Wildman–Crippen LogP) is 4.77. The van der Waals surface area contributed by atoms with Gasteiger partial charge in [0.05, 0.1) is 4.90 Å². The van der Waals surface area contributed by atoms with Crippen molar-refractivity contribution in [2.24, 2.45) is 0 Å². The van der Waals surface area contributed by atoms with Crippen molar-refractivity contribution in [2.75, 3.05) is 19.6 Å². The zero-order valence-corrected chi connectivity index (χ0v) is 18.8. The van der Waals surface area contributed by atoms with Crippen LogP contribution in [-0.4, -0.2) is 43.3 Å². The highest BCUT2D eigenvalue weighted by Gasteiger charge is 2.32. The lowest BCUT2D eigenvalue weighted by Crippen LogP contribution is -2.47. The zero-order valence-electron chi connectivity index (χ0n) is 17.2. The Morgan fingerprint density at radius 1 is 0.871 bits per heavy atom. The van der Waals surface area contributed by atoms with Gasteiger partial charge in [-0.05, 0) is 71.7 Å². The molecule has 1 saturated heterocycles. The van der Waals surface area contributed by atoms with Gasteiger partial charge < -0.3 is 0 Å². The van der Waals surface area contributed by atoms with E-state index in [-0.39, 0.29) is 5.82 Å². The number of hydrogen-bond acceptors (Lipinski definition) is 4. The topological polar surface area (TPSA) is 40.6 Å². The Labute approximate surface area is 187 Å². The predicted molar refractivity (Wildman–Crippen MR) is 122 cm³/mol. The van der Waals surface area contributed by atoms with E-state index in [0.29, 0.717) is 24.0 Å². The van der Waals surface area contributed by atoms with Crippen molar-refractivity contribution in [3.63, 3.8) is 0 Å². The van der Waals surface area contributed by atoms with Crippen LogP contribution in [0.5, 0.6) is 0 Å². The van der Waals surface area contributed by atoms with Crippen LogP contribution < -0.4 is 0 Å². The first-order valence-corrected chi connectivity index (χ1v) is 13.0. The normalized spacial score (nSPS) is 18.7. The van der Waals surface area contributed by atoms with E-state index in [1.54, 1.807) is 40.7 Å². The smallest absolute Gasteiger partial charge is 0.243 e. The highest BCUT2D eigenvalue weighted by molar-refractivity contribution is 7.89. The molecule has 0 bridgehead atoms. The van der Waals surface area contributed by atoms with Crippen LogP contribution in [0, 0.1) is 5.82 Å². The van der Waals surface area contributed by atoms with Gasteiger partial charge in [-0.15, -0.1) is 11.3 Å². The molecule has 4 nitrogen and oxygen atoms in total. The zero-order chi connectivity index (χ0) is 21.4. The molecular formula is C24H25FN2O2S2. The Hall–Kier alpha value is -2.06. The van der Waals surface area contributed by atoms with Crippen LogP contribution in [0.25, 0.3) is 11.1 Å². The maximum absolute atomic E-state index is 13.2. The summed E-state index contributed by atoms with van der Waals surface area (Å²) in [7, 11) is -3.51. The van der Waals surface area contributed by atoms with Crippen LogP contribution >= 0.6 is 11.3 Å². The summed E-state index contributed by atoms with van der Waals surface area (Å²) in [6.45, 7) is 3.16. The molecule has 0 atom stereocenters. The van der Waals surface area contributed by atoms with E-state index in [2.05, 4.69) is 16.3 Å². The number of halogens is 1. The molecule has 3 aromatic rings. The van der Waals surface area contributed by atoms with Crippen molar-refractivity contribution in [3.8, 4) is 11.1 Å². The lowest BCUT2D eigenvalue weighted by Gasteiger charge is -2.39. The Bertz CT molecular complexity index is 1150. The molecule has 0 amide bonds. The molecule has 0 unspecified atom stereocenters. The number of rotatable bonds is 4. The standard InChI is InChI=1S/C24H25FN2O2S2/c25-21-5-1-18(2-6-21)19-3-7-23(8-4-19)31(28,29)27-14-9-22(10-15-27)26-13-11-24-20(17-26)12-16-30-24/h1-8,12,16,22H,9-11,13-15,17H2. The molecule has 0 aliphatic carbocycles. The van der Waals surface area contributed by atoms with Crippen LogP contribution in [0.15, 0.2) is 64.9 Å². The van der Waals surface area contributed by atoms with Crippen molar-refractivity contribution < 1.29 is 12.8 Å². The van der Waals surface area contributed by atoms with Gasteiger partial charge >= 0.3 is 0 Å². The van der Waals surface area contributed by atoms with E-state index < -0.39 is 10.0 Å². The van der Waals surface area contributed by atoms with Gasteiger partial charge in [-0.3, -0.25) is 4.90 Å². The molecule has 162 valence electrons. The quantitative estimate of drug-likeness (QED) is 0.568. The Balaban J connectivity index is 1.24. The minimum Gasteiger partial charge on any atom is -0.296 e. The summed E-state index contributed by atoms with van der Waals surface area (Å²) in [5, 5.41) is 2.17. The Morgan fingerprint density at radius 3 is 2.19 bits per heavy atom. The maximum atomic E-state index is 13.2. The SMILES string of the molecule is O=S(=O)(c1ccc(-c2ccc(F)cc2)cc1)N1CCC(N2CCc3sccc3C2)CC1. The van der Waals surface area contributed by atoms with Gasteiger partial charge in [0, 0.05) is 37.1 Å². The Morgan fingerprint density at radius 2 is 1.52 bits per heavy atom. The second kappa shape index (κ2) is 8.47. The number of piperidine rings is 1. The van der Waals surface area contributed by atoms with E-state index >= 15 is 0 Å². The van der Waals surface area contributed by atoms with Gasteiger partial charge in [0.1, 0.15) is 5.82 Å². The average molecular weight is 457 g/mol. The van der Waals surface area contributed by atoms with E-state index in [9.17, 15) is 12.8 Å². The fourth-order valence-corrected chi connectivity index (χ4v) is 7.00. The molecule has 2 aromatic carbocycles. The monoisotopic (exact) mass is 456 g/mol. The summed E-state index contributed by atoms with van der Waals surface area (Å²) in [5.41, 5.74) is 3.17. The van der Waals surface area contributed by atoms with Crippen molar-refractivity contribution in [3.05, 3.63) is 76.2 Å². The highest BCUT2D eigenvalue weighted by atomic mass is 32.2. The molecule has 5 rings (SSSR count). The summed E-state index contributed by atoms with van der Waals surface area (Å²) >= 11 is 1.84. The molecule has 0 radical (unpaired) electrons. The third kappa shape index (κ3) is 4.20. The van der Waals surface area contributed by atoms with Crippen molar-refractivity contribution in [2.45, 2.75) is 36.7 Å². The van der Waals surface area contributed by atoms with Gasteiger partial charge in [-0.1, -0.05) is 24.3 Å². The number of fused-ring (bicyclic) bond motifs is 1. The molecule has 2 aliphatic heterocycles. The lowest BCUT2D eigenvalue weighted by molar-refractivity contribution is 0.127. The third-order valence-corrected chi connectivity index (χ3v) is 9.38. The highest BCUT2D eigenvalue weighted by Crippen LogP contribution is 2.30. The van der Waals surface area contributed by atoms with Crippen molar-refractivity contribution in [1.82, 2.24) is 9.21 Å².